The zero-order chi connectivity index (χ0) is 14.8. The maximum Gasteiger partial charge on any atom is 0.319 e. The molecule has 0 saturated carbocycles. The van der Waals surface area contributed by atoms with Crippen molar-refractivity contribution in [3.05, 3.63) is 29.3 Å². The average molecular weight is 298 g/mol. The summed E-state index contributed by atoms with van der Waals surface area (Å²) >= 11 is 5.85. The fourth-order valence-electron chi connectivity index (χ4n) is 1.94. The summed E-state index contributed by atoms with van der Waals surface area (Å²) in [5, 5.41) is 6.22. The summed E-state index contributed by atoms with van der Waals surface area (Å²) in [6.45, 7) is 8.27. The molecule has 0 aliphatic rings. The lowest BCUT2D eigenvalue weighted by molar-refractivity contribution is 0.251. The van der Waals surface area contributed by atoms with E-state index in [0.717, 1.165) is 32.5 Å². The number of hydrogen-bond donors (Lipinski definition) is 2. The molecule has 0 aliphatic carbocycles. The van der Waals surface area contributed by atoms with E-state index in [0.29, 0.717) is 17.3 Å². The third kappa shape index (κ3) is 6.78. The Balaban J connectivity index is 2.14. The first-order valence-corrected chi connectivity index (χ1v) is 7.56. The van der Waals surface area contributed by atoms with Crippen LogP contribution in [0, 0.1) is 0 Å². The van der Waals surface area contributed by atoms with Crippen molar-refractivity contribution in [1.82, 2.24) is 10.2 Å². The minimum Gasteiger partial charge on any atom is -0.338 e. The largest absolute Gasteiger partial charge is 0.338 e. The molecule has 0 saturated heterocycles. The molecule has 2 N–H and O–H groups in total. The predicted octanol–water partition coefficient (Wildman–Crippen LogP) is 3.58. The Bertz CT molecular complexity index is 408. The molecular weight excluding hydrogens is 274 g/mol. The molecule has 0 radical (unpaired) electrons. The van der Waals surface area contributed by atoms with Crippen molar-refractivity contribution >= 4 is 23.3 Å². The summed E-state index contributed by atoms with van der Waals surface area (Å²) in [5.74, 6) is 0. The van der Waals surface area contributed by atoms with Crippen LogP contribution in [-0.4, -0.2) is 37.1 Å². The van der Waals surface area contributed by atoms with Crippen molar-refractivity contribution in [1.29, 1.82) is 0 Å². The van der Waals surface area contributed by atoms with Gasteiger partial charge in [-0.3, -0.25) is 0 Å². The zero-order valence-corrected chi connectivity index (χ0v) is 13.0. The average Bonchev–Trinajstić information content (AvgIpc) is 2.43. The number of nitrogens with zero attached hydrogens (tertiary/aromatic N) is 1. The van der Waals surface area contributed by atoms with Crippen LogP contribution < -0.4 is 10.6 Å². The Morgan fingerprint density at radius 1 is 1.25 bits per heavy atom. The van der Waals surface area contributed by atoms with Gasteiger partial charge in [0.05, 0.1) is 0 Å². The summed E-state index contributed by atoms with van der Waals surface area (Å²) < 4.78 is 0. The second-order valence-electron chi connectivity index (χ2n) is 4.63. The monoisotopic (exact) mass is 297 g/mol. The summed E-state index contributed by atoms with van der Waals surface area (Å²) in [4.78, 5) is 14.0. The van der Waals surface area contributed by atoms with Gasteiger partial charge in [-0.05, 0) is 50.7 Å². The number of anilines is 1. The molecule has 0 aliphatic heterocycles. The lowest BCUT2D eigenvalue weighted by Gasteiger charge is -2.17. The Labute approximate surface area is 126 Å². The first-order valence-electron chi connectivity index (χ1n) is 7.18. The molecule has 2 amide bonds. The van der Waals surface area contributed by atoms with Crippen molar-refractivity contribution < 1.29 is 4.79 Å². The number of urea groups is 1. The van der Waals surface area contributed by atoms with Crippen LogP contribution in [0.3, 0.4) is 0 Å². The van der Waals surface area contributed by atoms with Crippen molar-refractivity contribution in [3.63, 3.8) is 0 Å². The van der Waals surface area contributed by atoms with Gasteiger partial charge in [0.25, 0.3) is 0 Å². The number of carbonyl (C=O) groups excluding carboxylic acids is 1. The fourth-order valence-corrected chi connectivity index (χ4v) is 2.13. The molecule has 0 bridgehead atoms. The van der Waals surface area contributed by atoms with Gasteiger partial charge in [0.15, 0.2) is 0 Å². The van der Waals surface area contributed by atoms with Crippen molar-refractivity contribution in [3.8, 4) is 0 Å². The number of hydrogen-bond acceptors (Lipinski definition) is 2. The lowest BCUT2D eigenvalue weighted by Crippen LogP contribution is -2.30. The highest BCUT2D eigenvalue weighted by Gasteiger charge is 2.02. The second-order valence-corrected chi connectivity index (χ2v) is 5.06. The lowest BCUT2D eigenvalue weighted by atomic mass is 10.3. The van der Waals surface area contributed by atoms with Gasteiger partial charge in [-0.25, -0.2) is 4.79 Å². The standard InChI is InChI=1S/C15H24ClN3O/c1-3-19(4-2)11-6-5-10-17-15(20)18-14-9-7-8-13(16)12-14/h7-9,12H,3-6,10-11H2,1-2H3,(H2,17,18,20). The number of carbonyl (C=O) groups is 1. The van der Waals surface area contributed by atoms with Crippen LogP contribution in [0.1, 0.15) is 26.7 Å². The van der Waals surface area contributed by atoms with Gasteiger partial charge < -0.3 is 15.5 Å². The molecule has 0 fully saturated rings. The van der Waals surface area contributed by atoms with Crippen LogP contribution in [0.2, 0.25) is 5.02 Å². The van der Waals surface area contributed by atoms with Gasteiger partial charge in [-0.2, -0.15) is 0 Å². The Hall–Kier alpha value is -1.26. The number of unbranched alkanes of at least 4 members (excludes halogenated alkanes) is 1. The van der Waals surface area contributed by atoms with Gasteiger partial charge in [0.1, 0.15) is 0 Å². The molecule has 1 aromatic carbocycles. The van der Waals surface area contributed by atoms with E-state index >= 15 is 0 Å². The normalized spacial score (nSPS) is 10.6. The molecule has 1 aromatic rings. The number of halogens is 1. The van der Waals surface area contributed by atoms with Gasteiger partial charge in [-0.1, -0.05) is 31.5 Å². The van der Waals surface area contributed by atoms with E-state index < -0.39 is 0 Å². The van der Waals surface area contributed by atoms with Crippen LogP contribution in [0.15, 0.2) is 24.3 Å². The quantitative estimate of drug-likeness (QED) is 0.720. The smallest absolute Gasteiger partial charge is 0.319 e. The van der Waals surface area contributed by atoms with Crippen molar-refractivity contribution in [2.45, 2.75) is 26.7 Å². The van der Waals surface area contributed by atoms with Crippen LogP contribution >= 0.6 is 11.6 Å². The van der Waals surface area contributed by atoms with E-state index in [1.807, 2.05) is 12.1 Å². The van der Waals surface area contributed by atoms with E-state index in [1.165, 1.54) is 0 Å². The summed E-state index contributed by atoms with van der Waals surface area (Å²) in [5.41, 5.74) is 0.707. The highest BCUT2D eigenvalue weighted by atomic mass is 35.5. The highest BCUT2D eigenvalue weighted by Crippen LogP contribution is 2.14. The molecular formula is C15H24ClN3O. The van der Waals surface area contributed by atoms with Crippen LogP contribution in [0.4, 0.5) is 10.5 Å². The van der Waals surface area contributed by atoms with Crippen LogP contribution in [0.5, 0.6) is 0 Å². The zero-order valence-electron chi connectivity index (χ0n) is 12.3. The van der Waals surface area contributed by atoms with Crippen LogP contribution in [0.25, 0.3) is 0 Å². The number of rotatable bonds is 8. The van der Waals surface area contributed by atoms with Crippen LogP contribution in [-0.2, 0) is 0 Å². The molecule has 0 spiro atoms. The molecule has 0 unspecified atom stereocenters. The van der Waals surface area contributed by atoms with Crippen molar-refractivity contribution in [2.75, 3.05) is 31.5 Å². The Morgan fingerprint density at radius 2 is 2.00 bits per heavy atom. The Morgan fingerprint density at radius 3 is 2.65 bits per heavy atom. The van der Waals surface area contributed by atoms with E-state index in [9.17, 15) is 4.79 Å². The van der Waals surface area contributed by atoms with Gasteiger partial charge >= 0.3 is 6.03 Å². The third-order valence-corrected chi connectivity index (χ3v) is 3.40. The minimum atomic E-state index is -0.185. The van der Waals surface area contributed by atoms with E-state index in [-0.39, 0.29) is 6.03 Å². The van der Waals surface area contributed by atoms with Gasteiger partial charge in [0, 0.05) is 17.3 Å². The summed E-state index contributed by atoms with van der Waals surface area (Å²) in [7, 11) is 0. The van der Waals surface area contributed by atoms with E-state index in [2.05, 4.69) is 29.4 Å². The van der Waals surface area contributed by atoms with E-state index in [1.54, 1.807) is 12.1 Å². The second kappa shape index (κ2) is 9.61. The van der Waals surface area contributed by atoms with E-state index in [4.69, 9.17) is 11.6 Å². The number of nitrogens with one attached hydrogen (secondary N) is 2. The molecule has 20 heavy (non-hydrogen) atoms. The summed E-state index contributed by atoms with van der Waals surface area (Å²) in [6, 6.07) is 6.93. The molecule has 0 atom stereocenters. The Kier molecular flexibility index (Phi) is 8.07. The molecule has 1 rings (SSSR count). The molecule has 5 heteroatoms. The minimum absolute atomic E-state index is 0.185. The fraction of sp³-hybridized carbons (Fsp3) is 0.533. The first-order chi connectivity index (χ1) is 9.65. The number of benzene rings is 1. The predicted molar refractivity (Wildman–Crippen MR) is 85.5 cm³/mol. The molecule has 0 heterocycles. The molecule has 4 nitrogen and oxygen atoms in total. The number of amides is 2. The molecule has 112 valence electrons. The first kappa shape index (κ1) is 16.8. The maximum atomic E-state index is 11.7. The third-order valence-electron chi connectivity index (χ3n) is 3.16. The SMILES string of the molecule is CCN(CC)CCCCNC(=O)Nc1cccc(Cl)c1. The van der Waals surface area contributed by atoms with Crippen molar-refractivity contribution in [2.24, 2.45) is 0 Å². The summed E-state index contributed by atoms with van der Waals surface area (Å²) in [6.07, 6.45) is 2.08. The highest BCUT2D eigenvalue weighted by molar-refractivity contribution is 6.30. The van der Waals surface area contributed by atoms with Gasteiger partial charge in [-0.15, -0.1) is 0 Å². The maximum absolute atomic E-state index is 11.7. The molecule has 0 aromatic heterocycles. The van der Waals surface area contributed by atoms with Gasteiger partial charge in [0.2, 0.25) is 0 Å². The topological polar surface area (TPSA) is 44.4 Å².